The fraction of sp³-hybridized carbons (Fsp3) is 0.269. The zero-order chi connectivity index (χ0) is 26.0. The van der Waals surface area contributed by atoms with Gasteiger partial charge in [-0.3, -0.25) is 14.0 Å². The lowest BCUT2D eigenvalue weighted by atomic mass is 9.85. The highest BCUT2D eigenvalue weighted by molar-refractivity contribution is 7.92. The molecule has 1 fully saturated rings. The molecule has 1 saturated heterocycles. The van der Waals surface area contributed by atoms with E-state index in [9.17, 15) is 13.2 Å². The Kier molecular flexibility index (Phi) is 7.80. The van der Waals surface area contributed by atoms with Gasteiger partial charge >= 0.3 is 0 Å². The third kappa shape index (κ3) is 5.62. The lowest BCUT2D eigenvalue weighted by molar-refractivity contribution is -0.121. The van der Waals surface area contributed by atoms with Gasteiger partial charge in [-0.15, -0.1) is 0 Å². The number of rotatable bonds is 9. The second-order valence-corrected chi connectivity index (χ2v) is 11.5. The van der Waals surface area contributed by atoms with Crippen LogP contribution < -0.4 is 14.8 Å². The number of primary amides is 1. The molecule has 2 unspecified atom stereocenters. The fourth-order valence-corrected chi connectivity index (χ4v) is 6.23. The van der Waals surface area contributed by atoms with Crippen molar-refractivity contribution in [3.63, 3.8) is 0 Å². The van der Waals surface area contributed by atoms with Crippen molar-refractivity contribution in [1.29, 1.82) is 0 Å². The zero-order valence-electron chi connectivity index (χ0n) is 19.8. The molecule has 0 bridgehead atoms. The largest absolute Gasteiger partial charge is 0.497 e. The first-order valence-corrected chi connectivity index (χ1v) is 13.9. The van der Waals surface area contributed by atoms with Crippen molar-refractivity contribution in [3.05, 3.63) is 94.0 Å². The fourth-order valence-electron chi connectivity index (χ4n) is 4.78. The van der Waals surface area contributed by atoms with Crippen LogP contribution >= 0.6 is 23.2 Å². The van der Waals surface area contributed by atoms with Crippen LogP contribution in [-0.2, 0) is 14.8 Å². The Morgan fingerprint density at radius 1 is 1.06 bits per heavy atom. The lowest BCUT2D eigenvalue weighted by Crippen LogP contribution is -2.69. The number of hydrogen-bond acceptors (Lipinski definition) is 5. The summed E-state index contributed by atoms with van der Waals surface area (Å²) in [5.74, 6) is 0.0174. The molecule has 36 heavy (non-hydrogen) atoms. The minimum Gasteiger partial charge on any atom is -0.497 e. The van der Waals surface area contributed by atoms with Gasteiger partial charge in [0.2, 0.25) is 15.9 Å². The number of carbonyl (C=O) groups is 1. The van der Waals surface area contributed by atoms with Gasteiger partial charge in [-0.2, -0.15) is 0 Å². The van der Waals surface area contributed by atoms with E-state index in [0.717, 1.165) is 17.4 Å². The van der Waals surface area contributed by atoms with E-state index >= 15 is 0 Å². The van der Waals surface area contributed by atoms with Gasteiger partial charge in [0, 0.05) is 35.1 Å². The predicted molar refractivity (Wildman–Crippen MR) is 143 cm³/mol. The summed E-state index contributed by atoms with van der Waals surface area (Å²) in [6.07, 6.45) is 1.14. The first-order valence-electron chi connectivity index (χ1n) is 11.3. The maximum atomic E-state index is 13.0. The van der Waals surface area contributed by atoms with Crippen molar-refractivity contribution in [2.75, 3.05) is 24.2 Å². The van der Waals surface area contributed by atoms with E-state index < -0.39 is 28.0 Å². The predicted octanol–water partition coefficient (Wildman–Crippen LogP) is 4.49. The van der Waals surface area contributed by atoms with E-state index in [4.69, 9.17) is 33.7 Å². The van der Waals surface area contributed by atoms with Crippen molar-refractivity contribution in [2.24, 2.45) is 5.73 Å². The Labute approximate surface area is 221 Å². The number of methoxy groups -OCH3 is 1. The molecule has 2 N–H and O–H groups in total. The van der Waals surface area contributed by atoms with Crippen molar-refractivity contribution >= 4 is 44.8 Å². The van der Waals surface area contributed by atoms with Gasteiger partial charge in [0.1, 0.15) is 5.75 Å². The first-order chi connectivity index (χ1) is 17.1. The molecule has 2 atom stereocenters. The smallest absolute Gasteiger partial charge is 0.232 e. The number of carbonyl (C=O) groups excluding carboxylic acids is 1. The number of nitrogens with zero attached hydrogens (tertiary/aromatic N) is 2. The molecule has 7 nitrogen and oxygen atoms in total. The molecule has 190 valence electrons. The number of amides is 1. The molecular weight excluding hydrogens is 521 g/mol. The lowest BCUT2D eigenvalue weighted by Gasteiger charge is -2.55. The maximum absolute atomic E-state index is 13.0. The summed E-state index contributed by atoms with van der Waals surface area (Å²) in [5, 5.41) is 1.20. The minimum atomic E-state index is -3.70. The monoisotopic (exact) mass is 547 g/mol. The molecule has 10 heteroatoms. The summed E-state index contributed by atoms with van der Waals surface area (Å²) in [7, 11) is -2.18. The SMILES string of the molecule is COc1cccc(N(C2CN(C(c3ccc(Cl)cc3)c3ccc(Cl)cc3)C2CC(N)=O)S(C)(=O)=O)c1. The standard InChI is InChI=1S/C26H27Cl2N3O4S/c1-35-22-5-3-4-21(14-22)31(36(2,33)34)24-16-30(23(24)15-25(29)32)26(17-6-10-19(27)11-7-17)18-8-12-20(28)13-9-18/h3-14,23-24,26H,15-16H2,1-2H3,(H2,29,32). The highest BCUT2D eigenvalue weighted by Crippen LogP contribution is 2.41. The van der Waals surface area contributed by atoms with Crippen LogP contribution in [0.25, 0.3) is 0 Å². The molecule has 1 amide bonds. The minimum absolute atomic E-state index is 0.0155. The van der Waals surface area contributed by atoms with E-state index in [1.54, 1.807) is 48.5 Å². The normalized spacial score (nSPS) is 18.0. The highest BCUT2D eigenvalue weighted by Gasteiger charge is 2.49. The highest BCUT2D eigenvalue weighted by atomic mass is 35.5. The topological polar surface area (TPSA) is 92.9 Å². The van der Waals surface area contributed by atoms with Crippen molar-refractivity contribution in [1.82, 2.24) is 4.90 Å². The quantitative estimate of drug-likeness (QED) is 0.426. The number of anilines is 1. The van der Waals surface area contributed by atoms with E-state index in [2.05, 4.69) is 4.90 Å². The molecule has 0 aliphatic carbocycles. The second kappa shape index (κ2) is 10.7. The first kappa shape index (κ1) is 26.3. The molecular formula is C26H27Cl2N3O4S. The van der Waals surface area contributed by atoms with E-state index in [-0.39, 0.29) is 12.5 Å². The van der Waals surface area contributed by atoms with Crippen molar-refractivity contribution in [2.45, 2.75) is 24.5 Å². The van der Waals surface area contributed by atoms with E-state index in [1.165, 1.54) is 11.4 Å². The average Bonchev–Trinajstić information content (AvgIpc) is 2.83. The van der Waals surface area contributed by atoms with Crippen molar-refractivity contribution in [3.8, 4) is 5.75 Å². The Morgan fingerprint density at radius 2 is 1.61 bits per heavy atom. The average molecular weight is 548 g/mol. The molecule has 1 aliphatic heterocycles. The summed E-state index contributed by atoms with van der Waals surface area (Å²) in [4.78, 5) is 14.3. The molecule has 3 aromatic carbocycles. The van der Waals surface area contributed by atoms with E-state index in [0.29, 0.717) is 28.0 Å². The van der Waals surface area contributed by atoms with Crippen LogP contribution in [0.3, 0.4) is 0 Å². The summed E-state index contributed by atoms with van der Waals surface area (Å²) in [6, 6.07) is 20.5. The molecule has 0 aromatic heterocycles. The van der Waals surface area contributed by atoms with Gasteiger partial charge < -0.3 is 10.5 Å². The number of hydrogen-bond donors (Lipinski definition) is 1. The summed E-state index contributed by atoms with van der Waals surface area (Å²) < 4.78 is 32.7. The molecule has 3 aromatic rings. The Hall–Kier alpha value is -2.78. The molecule has 0 spiro atoms. The van der Waals surface area contributed by atoms with Crippen LogP contribution in [0, 0.1) is 0 Å². The number of sulfonamides is 1. The van der Waals surface area contributed by atoms with Crippen LogP contribution in [0.5, 0.6) is 5.75 Å². The van der Waals surface area contributed by atoms with Gasteiger partial charge in [0.05, 0.1) is 31.1 Å². The zero-order valence-corrected chi connectivity index (χ0v) is 22.2. The summed E-state index contributed by atoms with van der Waals surface area (Å²) in [6.45, 7) is 0.373. The number of nitrogens with two attached hydrogens (primary N) is 1. The van der Waals surface area contributed by atoms with Gasteiger partial charge in [0.15, 0.2) is 0 Å². The third-order valence-corrected chi connectivity index (χ3v) is 8.05. The van der Waals surface area contributed by atoms with Crippen molar-refractivity contribution < 1.29 is 17.9 Å². The van der Waals surface area contributed by atoms with Crippen LogP contribution in [-0.4, -0.2) is 51.2 Å². The maximum Gasteiger partial charge on any atom is 0.232 e. The van der Waals surface area contributed by atoms with Gasteiger partial charge in [0.25, 0.3) is 0 Å². The summed E-state index contributed by atoms with van der Waals surface area (Å²) in [5.41, 5.74) is 8.01. The number of likely N-dealkylation sites (tertiary alicyclic amines) is 1. The Balaban J connectivity index is 1.77. The Morgan fingerprint density at radius 3 is 2.08 bits per heavy atom. The summed E-state index contributed by atoms with van der Waals surface area (Å²) >= 11 is 12.3. The number of ether oxygens (including phenoxy) is 1. The van der Waals surface area contributed by atoms with Crippen LogP contribution in [0.4, 0.5) is 5.69 Å². The number of benzene rings is 3. The third-order valence-electron chi connectivity index (χ3n) is 6.35. The number of halogens is 2. The van der Waals surface area contributed by atoms with Crippen LogP contribution in [0.15, 0.2) is 72.8 Å². The van der Waals surface area contributed by atoms with Gasteiger partial charge in [-0.05, 0) is 47.5 Å². The second-order valence-electron chi connectivity index (χ2n) is 8.77. The Bertz CT molecular complexity index is 1290. The molecule has 1 aliphatic rings. The molecule has 0 saturated carbocycles. The molecule has 1 heterocycles. The van der Waals surface area contributed by atoms with Gasteiger partial charge in [-0.1, -0.05) is 53.5 Å². The molecule has 4 rings (SSSR count). The van der Waals surface area contributed by atoms with E-state index in [1.807, 2.05) is 24.3 Å². The van der Waals surface area contributed by atoms with Crippen LogP contribution in [0.2, 0.25) is 10.0 Å². The van der Waals surface area contributed by atoms with Crippen LogP contribution in [0.1, 0.15) is 23.6 Å². The molecule has 0 radical (unpaired) electrons. The van der Waals surface area contributed by atoms with Gasteiger partial charge in [-0.25, -0.2) is 8.42 Å².